The van der Waals surface area contributed by atoms with E-state index in [4.69, 9.17) is 4.74 Å². The van der Waals surface area contributed by atoms with Crippen molar-refractivity contribution in [1.82, 2.24) is 10.2 Å². The number of nitrogens with one attached hydrogen (secondary N) is 1. The second-order valence-electron chi connectivity index (χ2n) is 6.77. The van der Waals surface area contributed by atoms with Gasteiger partial charge in [-0.2, -0.15) is 0 Å². The zero-order chi connectivity index (χ0) is 17.6. The van der Waals surface area contributed by atoms with Crippen LogP contribution in [0.4, 0.5) is 4.39 Å². The summed E-state index contributed by atoms with van der Waals surface area (Å²) in [5.74, 6) is -0.459. The predicted molar refractivity (Wildman–Crippen MR) is 91.3 cm³/mol. The summed E-state index contributed by atoms with van der Waals surface area (Å²) >= 11 is 0. The quantitative estimate of drug-likeness (QED) is 0.890. The third kappa shape index (κ3) is 4.78. The van der Waals surface area contributed by atoms with Crippen molar-refractivity contribution in [3.05, 3.63) is 35.6 Å². The van der Waals surface area contributed by atoms with E-state index in [0.29, 0.717) is 19.6 Å². The van der Waals surface area contributed by atoms with E-state index in [2.05, 4.69) is 5.32 Å². The lowest BCUT2D eigenvalue weighted by Gasteiger charge is -2.27. The molecule has 1 aromatic carbocycles. The summed E-state index contributed by atoms with van der Waals surface area (Å²) in [6.45, 7) is 1.37. The van der Waals surface area contributed by atoms with Crippen LogP contribution in [0.15, 0.2) is 24.3 Å². The normalized spacial score (nSPS) is 22.5. The largest absolute Gasteiger partial charge is 0.376 e. The van der Waals surface area contributed by atoms with Crippen LogP contribution in [0.25, 0.3) is 0 Å². The maximum atomic E-state index is 13.2. The molecule has 2 heterocycles. The number of carbonyl (C=O) groups is 2. The monoisotopic (exact) mass is 348 g/mol. The molecule has 0 aliphatic carbocycles. The fourth-order valence-electron chi connectivity index (χ4n) is 3.52. The second kappa shape index (κ2) is 8.43. The first-order valence-electron chi connectivity index (χ1n) is 9.08. The molecule has 2 fully saturated rings. The van der Waals surface area contributed by atoms with Crippen LogP contribution in [-0.2, 0) is 14.3 Å². The minimum Gasteiger partial charge on any atom is -0.376 e. The molecule has 2 aliphatic rings. The van der Waals surface area contributed by atoms with Crippen molar-refractivity contribution in [2.24, 2.45) is 0 Å². The van der Waals surface area contributed by atoms with Gasteiger partial charge in [0, 0.05) is 19.6 Å². The van der Waals surface area contributed by atoms with E-state index in [9.17, 15) is 14.0 Å². The molecule has 2 unspecified atom stereocenters. The molecule has 1 aromatic rings. The Bertz CT molecular complexity index is 599. The molecule has 0 spiro atoms. The van der Waals surface area contributed by atoms with E-state index in [1.807, 2.05) is 0 Å². The summed E-state index contributed by atoms with van der Waals surface area (Å²) in [5.41, 5.74) is 0.823. The molecule has 2 atom stereocenters. The SMILES string of the molecule is O=C(CN1CCCCCC1=O)NC(c1ccc(F)cc1)C1CCCO1. The highest BCUT2D eigenvalue weighted by Crippen LogP contribution is 2.27. The summed E-state index contributed by atoms with van der Waals surface area (Å²) < 4.78 is 19.0. The average Bonchev–Trinajstić information content (AvgIpc) is 3.06. The summed E-state index contributed by atoms with van der Waals surface area (Å²) in [6.07, 6.45) is 5.05. The third-order valence-corrected chi connectivity index (χ3v) is 4.89. The van der Waals surface area contributed by atoms with Gasteiger partial charge >= 0.3 is 0 Å². The van der Waals surface area contributed by atoms with Gasteiger partial charge in [0.1, 0.15) is 5.82 Å². The lowest BCUT2D eigenvalue weighted by molar-refractivity contribution is -0.136. The van der Waals surface area contributed by atoms with Crippen molar-refractivity contribution in [1.29, 1.82) is 0 Å². The highest BCUT2D eigenvalue weighted by atomic mass is 19.1. The van der Waals surface area contributed by atoms with Crippen LogP contribution in [0, 0.1) is 5.82 Å². The molecule has 136 valence electrons. The van der Waals surface area contributed by atoms with Crippen molar-refractivity contribution in [3.63, 3.8) is 0 Å². The molecule has 0 bridgehead atoms. The molecular formula is C19H25FN2O3. The Morgan fingerprint density at radius 2 is 2.04 bits per heavy atom. The number of carbonyl (C=O) groups excluding carboxylic acids is 2. The minimum atomic E-state index is -0.322. The molecule has 0 saturated carbocycles. The van der Waals surface area contributed by atoms with E-state index >= 15 is 0 Å². The summed E-state index contributed by atoms with van der Waals surface area (Å²) in [5, 5.41) is 3.00. The molecule has 2 amide bonds. The lowest BCUT2D eigenvalue weighted by atomic mass is 9.99. The number of nitrogens with zero attached hydrogens (tertiary/aromatic N) is 1. The summed E-state index contributed by atoms with van der Waals surface area (Å²) in [6, 6.07) is 5.82. The Balaban J connectivity index is 1.67. The molecular weight excluding hydrogens is 323 g/mol. The lowest BCUT2D eigenvalue weighted by Crippen LogP contribution is -2.44. The van der Waals surface area contributed by atoms with E-state index in [1.54, 1.807) is 17.0 Å². The highest BCUT2D eigenvalue weighted by Gasteiger charge is 2.29. The zero-order valence-corrected chi connectivity index (χ0v) is 14.4. The molecule has 25 heavy (non-hydrogen) atoms. The minimum absolute atomic E-state index is 0.0445. The number of amides is 2. The van der Waals surface area contributed by atoms with Gasteiger partial charge in [-0.25, -0.2) is 4.39 Å². The Morgan fingerprint density at radius 3 is 2.76 bits per heavy atom. The maximum Gasteiger partial charge on any atom is 0.240 e. The van der Waals surface area contributed by atoms with Crippen LogP contribution >= 0.6 is 0 Å². The van der Waals surface area contributed by atoms with Crippen LogP contribution in [0.1, 0.15) is 50.1 Å². The molecule has 2 aliphatic heterocycles. The van der Waals surface area contributed by atoms with Crippen molar-refractivity contribution < 1.29 is 18.7 Å². The topological polar surface area (TPSA) is 58.6 Å². The van der Waals surface area contributed by atoms with Crippen LogP contribution in [0.2, 0.25) is 0 Å². The first kappa shape index (κ1) is 17.9. The van der Waals surface area contributed by atoms with Gasteiger partial charge in [-0.3, -0.25) is 9.59 Å². The van der Waals surface area contributed by atoms with Gasteiger partial charge in [-0.05, 0) is 43.4 Å². The fourth-order valence-corrected chi connectivity index (χ4v) is 3.52. The van der Waals surface area contributed by atoms with Gasteiger partial charge in [-0.15, -0.1) is 0 Å². The number of benzene rings is 1. The van der Waals surface area contributed by atoms with Gasteiger partial charge in [0.25, 0.3) is 0 Å². The second-order valence-corrected chi connectivity index (χ2v) is 6.77. The standard InChI is InChI=1S/C19H25FN2O3/c20-15-9-7-14(8-10-15)19(16-5-4-12-25-16)21-17(23)13-22-11-3-1-2-6-18(22)24/h7-10,16,19H,1-6,11-13H2,(H,21,23). The summed E-state index contributed by atoms with van der Waals surface area (Å²) in [7, 11) is 0. The Kier molecular flexibility index (Phi) is 6.02. The number of hydrogen-bond donors (Lipinski definition) is 1. The van der Waals surface area contributed by atoms with Gasteiger partial charge in [0.15, 0.2) is 0 Å². The Morgan fingerprint density at radius 1 is 1.24 bits per heavy atom. The Hall–Kier alpha value is -1.95. The molecule has 6 heteroatoms. The predicted octanol–water partition coefficient (Wildman–Crippen LogP) is 2.56. The molecule has 3 rings (SSSR count). The van der Waals surface area contributed by atoms with Crippen LogP contribution in [0.5, 0.6) is 0 Å². The zero-order valence-electron chi connectivity index (χ0n) is 14.4. The van der Waals surface area contributed by atoms with Crippen LogP contribution in [0.3, 0.4) is 0 Å². The first-order valence-corrected chi connectivity index (χ1v) is 9.08. The highest BCUT2D eigenvalue weighted by molar-refractivity contribution is 5.85. The third-order valence-electron chi connectivity index (χ3n) is 4.89. The van der Waals surface area contributed by atoms with Gasteiger partial charge < -0.3 is 15.0 Å². The Labute approximate surface area is 147 Å². The van der Waals surface area contributed by atoms with E-state index in [1.165, 1.54) is 12.1 Å². The molecule has 2 saturated heterocycles. The van der Waals surface area contributed by atoms with Crippen LogP contribution in [-0.4, -0.2) is 42.5 Å². The number of hydrogen-bond acceptors (Lipinski definition) is 3. The first-order chi connectivity index (χ1) is 12.1. The summed E-state index contributed by atoms with van der Waals surface area (Å²) in [4.78, 5) is 26.3. The van der Waals surface area contributed by atoms with Crippen molar-refractivity contribution in [2.45, 2.75) is 50.7 Å². The number of ether oxygens (including phenoxy) is 1. The van der Waals surface area contributed by atoms with Gasteiger partial charge in [-0.1, -0.05) is 18.6 Å². The van der Waals surface area contributed by atoms with Crippen molar-refractivity contribution in [2.75, 3.05) is 19.7 Å². The van der Waals surface area contributed by atoms with Crippen LogP contribution < -0.4 is 5.32 Å². The van der Waals surface area contributed by atoms with E-state index in [-0.39, 0.29) is 36.3 Å². The van der Waals surface area contributed by atoms with E-state index in [0.717, 1.165) is 37.7 Å². The van der Waals surface area contributed by atoms with Crippen molar-refractivity contribution in [3.8, 4) is 0 Å². The molecule has 0 radical (unpaired) electrons. The van der Waals surface area contributed by atoms with Gasteiger partial charge in [0.05, 0.1) is 18.7 Å². The maximum absolute atomic E-state index is 13.2. The van der Waals surface area contributed by atoms with Crippen molar-refractivity contribution >= 4 is 11.8 Å². The number of rotatable bonds is 5. The smallest absolute Gasteiger partial charge is 0.240 e. The van der Waals surface area contributed by atoms with Gasteiger partial charge in [0.2, 0.25) is 11.8 Å². The molecule has 0 aromatic heterocycles. The number of likely N-dealkylation sites (tertiary alicyclic amines) is 1. The fraction of sp³-hybridized carbons (Fsp3) is 0.579. The average molecular weight is 348 g/mol. The molecule has 5 nitrogen and oxygen atoms in total. The van der Waals surface area contributed by atoms with E-state index < -0.39 is 0 Å². The number of halogens is 1. The molecule has 1 N–H and O–H groups in total.